The average molecular weight is 297 g/mol. The van der Waals surface area contributed by atoms with Crippen molar-refractivity contribution in [2.24, 2.45) is 0 Å². The number of anilines is 1. The molecule has 0 radical (unpaired) electrons. The van der Waals surface area contributed by atoms with E-state index in [4.69, 9.17) is 11.6 Å². The lowest BCUT2D eigenvalue weighted by atomic mass is 10.1. The molecule has 0 bridgehead atoms. The number of benzene rings is 1. The van der Waals surface area contributed by atoms with Crippen molar-refractivity contribution >= 4 is 23.6 Å². The molecule has 0 aromatic heterocycles. The molecule has 0 atom stereocenters. The Morgan fingerprint density at radius 3 is 2.35 bits per heavy atom. The molecule has 20 heavy (non-hydrogen) atoms. The molecule has 1 rings (SSSR count). The Balaban J connectivity index is 2.71. The number of carbonyl (C=O) groups is 1. The first-order chi connectivity index (χ1) is 9.65. The molecule has 0 saturated carbocycles. The number of hydrogen-bond acceptors (Lipinski definition) is 3. The summed E-state index contributed by atoms with van der Waals surface area (Å²) in [7, 11) is 0. The summed E-state index contributed by atoms with van der Waals surface area (Å²) in [5.74, 6) is 0. The minimum absolute atomic E-state index is 0.674. The first-order valence-corrected chi connectivity index (χ1v) is 7.76. The average Bonchev–Trinajstić information content (AvgIpc) is 2.47. The first kappa shape index (κ1) is 17.0. The highest BCUT2D eigenvalue weighted by molar-refractivity contribution is 6.31. The largest absolute Gasteiger partial charge is 0.371 e. The van der Waals surface area contributed by atoms with Crippen LogP contribution in [-0.2, 0) is 0 Å². The van der Waals surface area contributed by atoms with Gasteiger partial charge in [-0.15, -0.1) is 0 Å². The van der Waals surface area contributed by atoms with Gasteiger partial charge < -0.3 is 9.80 Å². The molecule has 1 aromatic carbocycles. The van der Waals surface area contributed by atoms with Crippen molar-refractivity contribution in [3.05, 3.63) is 28.8 Å². The summed E-state index contributed by atoms with van der Waals surface area (Å²) in [5.41, 5.74) is 1.65. The molecular formula is C16H25ClN2O. The summed E-state index contributed by atoms with van der Waals surface area (Å²) in [6.07, 6.45) is 1.99. The van der Waals surface area contributed by atoms with E-state index in [0.29, 0.717) is 10.6 Å². The van der Waals surface area contributed by atoms with Crippen LogP contribution in [0.1, 0.15) is 37.6 Å². The second-order valence-electron chi connectivity index (χ2n) is 4.78. The molecule has 0 fully saturated rings. The predicted octanol–water partition coefficient (Wildman–Crippen LogP) is 3.71. The van der Waals surface area contributed by atoms with Gasteiger partial charge in [-0.05, 0) is 51.2 Å². The Kier molecular flexibility index (Phi) is 7.63. The van der Waals surface area contributed by atoms with Crippen LogP contribution in [0.3, 0.4) is 0 Å². The maximum absolute atomic E-state index is 11.2. The van der Waals surface area contributed by atoms with Crippen molar-refractivity contribution in [2.45, 2.75) is 27.2 Å². The third-order valence-corrected chi connectivity index (χ3v) is 3.87. The fourth-order valence-electron chi connectivity index (χ4n) is 2.36. The number of aldehydes is 1. The van der Waals surface area contributed by atoms with Crippen LogP contribution < -0.4 is 4.90 Å². The maximum Gasteiger partial charge on any atom is 0.152 e. The highest BCUT2D eigenvalue weighted by atomic mass is 35.5. The number of hydrogen-bond donors (Lipinski definition) is 0. The molecule has 112 valence electrons. The van der Waals surface area contributed by atoms with E-state index in [0.717, 1.165) is 51.1 Å². The minimum atomic E-state index is 0.674. The third kappa shape index (κ3) is 4.80. The Morgan fingerprint density at radius 1 is 1.10 bits per heavy atom. The van der Waals surface area contributed by atoms with Gasteiger partial charge in [-0.1, -0.05) is 25.4 Å². The van der Waals surface area contributed by atoms with E-state index in [1.54, 1.807) is 12.1 Å². The van der Waals surface area contributed by atoms with E-state index in [9.17, 15) is 4.79 Å². The third-order valence-electron chi connectivity index (χ3n) is 3.64. The molecule has 1 aromatic rings. The zero-order chi connectivity index (χ0) is 15.0. The van der Waals surface area contributed by atoms with Crippen LogP contribution in [0.25, 0.3) is 0 Å². The molecule has 0 aliphatic carbocycles. The normalized spacial score (nSPS) is 10.8. The zero-order valence-electron chi connectivity index (χ0n) is 12.7. The molecule has 0 amide bonds. The van der Waals surface area contributed by atoms with E-state index in [1.807, 2.05) is 6.07 Å². The summed E-state index contributed by atoms with van der Waals surface area (Å²) >= 11 is 6.05. The van der Waals surface area contributed by atoms with Crippen molar-refractivity contribution < 1.29 is 4.79 Å². The van der Waals surface area contributed by atoms with E-state index in [2.05, 4.69) is 30.6 Å². The van der Waals surface area contributed by atoms with E-state index < -0.39 is 0 Å². The van der Waals surface area contributed by atoms with Gasteiger partial charge in [0.05, 0.1) is 0 Å². The van der Waals surface area contributed by atoms with Gasteiger partial charge >= 0.3 is 0 Å². The SMILES string of the molecule is CCN(CC)CCCN(CC)c1cc(Cl)ccc1C=O. The van der Waals surface area contributed by atoms with Crippen LogP contribution in [0.2, 0.25) is 5.02 Å². The second-order valence-corrected chi connectivity index (χ2v) is 5.22. The summed E-state index contributed by atoms with van der Waals surface area (Å²) < 4.78 is 0. The quantitative estimate of drug-likeness (QED) is 0.649. The van der Waals surface area contributed by atoms with Crippen molar-refractivity contribution in [2.75, 3.05) is 37.6 Å². The van der Waals surface area contributed by atoms with Crippen LogP contribution in [0.5, 0.6) is 0 Å². The lowest BCUT2D eigenvalue weighted by Gasteiger charge is -2.26. The zero-order valence-corrected chi connectivity index (χ0v) is 13.5. The van der Waals surface area contributed by atoms with Crippen LogP contribution >= 0.6 is 11.6 Å². The first-order valence-electron chi connectivity index (χ1n) is 7.38. The van der Waals surface area contributed by atoms with Crippen molar-refractivity contribution in [1.82, 2.24) is 4.90 Å². The molecule has 0 aliphatic heterocycles. The molecule has 0 heterocycles. The Bertz CT molecular complexity index is 419. The van der Waals surface area contributed by atoms with Gasteiger partial charge in [-0.3, -0.25) is 4.79 Å². The maximum atomic E-state index is 11.2. The molecule has 4 heteroatoms. The van der Waals surface area contributed by atoms with Crippen LogP contribution in [0.15, 0.2) is 18.2 Å². The van der Waals surface area contributed by atoms with Crippen LogP contribution in [-0.4, -0.2) is 43.9 Å². The molecule has 0 spiro atoms. The topological polar surface area (TPSA) is 23.6 Å². The van der Waals surface area contributed by atoms with E-state index >= 15 is 0 Å². The minimum Gasteiger partial charge on any atom is -0.371 e. The predicted molar refractivity (Wildman–Crippen MR) is 87.1 cm³/mol. The summed E-state index contributed by atoms with van der Waals surface area (Å²) in [4.78, 5) is 15.8. The standard InChI is InChI=1S/C16H25ClN2O/c1-4-18(5-2)10-7-11-19(6-3)16-12-15(17)9-8-14(16)13-20/h8-9,12-13H,4-7,10-11H2,1-3H3. The number of rotatable bonds is 9. The molecule has 0 unspecified atom stereocenters. The van der Waals surface area contributed by atoms with Gasteiger partial charge in [0.25, 0.3) is 0 Å². The summed E-state index contributed by atoms with van der Waals surface area (Å²) in [6, 6.07) is 5.43. The van der Waals surface area contributed by atoms with Crippen LogP contribution in [0, 0.1) is 0 Å². The van der Waals surface area contributed by atoms with Gasteiger partial charge in [-0.25, -0.2) is 0 Å². The lowest BCUT2D eigenvalue weighted by molar-refractivity contribution is 0.112. The summed E-state index contributed by atoms with van der Waals surface area (Å²) in [5, 5.41) is 0.674. The molecule has 3 nitrogen and oxygen atoms in total. The lowest BCUT2D eigenvalue weighted by Crippen LogP contribution is -2.30. The molecule has 0 saturated heterocycles. The van der Waals surface area contributed by atoms with Gasteiger partial charge in [-0.2, -0.15) is 0 Å². The van der Waals surface area contributed by atoms with E-state index in [-0.39, 0.29) is 0 Å². The highest BCUT2D eigenvalue weighted by Crippen LogP contribution is 2.24. The molecule has 0 aliphatic rings. The van der Waals surface area contributed by atoms with Crippen molar-refractivity contribution in [3.8, 4) is 0 Å². The smallest absolute Gasteiger partial charge is 0.152 e. The van der Waals surface area contributed by atoms with Crippen molar-refractivity contribution in [1.29, 1.82) is 0 Å². The van der Waals surface area contributed by atoms with Crippen molar-refractivity contribution in [3.63, 3.8) is 0 Å². The van der Waals surface area contributed by atoms with Gasteiger partial charge in [0.2, 0.25) is 0 Å². The Morgan fingerprint density at radius 2 is 1.80 bits per heavy atom. The van der Waals surface area contributed by atoms with Crippen LogP contribution in [0.4, 0.5) is 5.69 Å². The fraction of sp³-hybridized carbons (Fsp3) is 0.562. The number of nitrogens with zero attached hydrogens (tertiary/aromatic N) is 2. The number of halogens is 1. The molecular weight excluding hydrogens is 272 g/mol. The second kappa shape index (κ2) is 8.98. The van der Waals surface area contributed by atoms with Gasteiger partial charge in [0.15, 0.2) is 6.29 Å². The summed E-state index contributed by atoms with van der Waals surface area (Å²) in [6.45, 7) is 11.5. The molecule has 0 N–H and O–H groups in total. The highest BCUT2D eigenvalue weighted by Gasteiger charge is 2.10. The van der Waals surface area contributed by atoms with Gasteiger partial charge in [0.1, 0.15) is 0 Å². The number of carbonyl (C=O) groups excluding carboxylic acids is 1. The Hall–Kier alpha value is -1.06. The van der Waals surface area contributed by atoms with Gasteiger partial charge in [0, 0.05) is 29.4 Å². The Labute approximate surface area is 127 Å². The fourth-order valence-corrected chi connectivity index (χ4v) is 2.53. The monoisotopic (exact) mass is 296 g/mol. The van der Waals surface area contributed by atoms with E-state index in [1.165, 1.54) is 0 Å².